The highest BCUT2D eigenvalue weighted by Crippen LogP contribution is 2.22. The Hall–Kier alpha value is -4.10. The summed E-state index contributed by atoms with van der Waals surface area (Å²) in [4.78, 5) is 34.5. The highest BCUT2D eigenvalue weighted by molar-refractivity contribution is 6.05. The molecular formula is C29H27FN4O2. The van der Waals surface area contributed by atoms with Crippen molar-refractivity contribution in [2.75, 3.05) is 31.5 Å². The maximum Gasteiger partial charge on any atom is 0.258 e. The van der Waals surface area contributed by atoms with Gasteiger partial charge in [0.05, 0.1) is 11.1 Å². The number of aromatic nitrogens is 1. The summed E-state index contributed by atoms with van der Waals surface area (Å²) in [6, 6.07) is 21.3. The van der Waals surface area contributed by atoms with Gasteiger partial charge in [-0.2, -0.15) is 0 Å². The van der Waals surface area contributed by atoms with E-state index in [1.807, 2.05) is 24.1 Å². The molecule has 4 aromatic rings. The van der Waals surface area contributed by atoms with E-state index in [0.717, 1.165) is 36.1 Å². The Labute approximate surface area is 209 Å². The summed E-state index contributed by atoms with van der Waals surface area (Å²) in [5, 5.41) is 3.88. The van der Waals surface area contributed by atoms with Gasteiger partial charge in [-0.25, -0.2) is 4.39 Å². The second kappa shape index (κ2) is 10.3. The Balaban J connectivity index is 1.24. The van der Waals surface area contributed by atoms with Crippen LogP contribution in [-0.4, -0.2) is 52.8 Å². The Bertz CT molecular complexity index is 1420. The van der Waals surface area contributed by atoms with Gasteiger partial charge in [0.1, 0.15) is 5.82 Å². The van der Waals surface area contributed by atoms with Gasteiger partial charge >= 0.3 is 0 Å². The van der Waals surface area contributed by atoms with Crippen LogP contribution in [0.15, 0.2) is 79.0 Å². The number of anilines is 1. The van der Waals surface area contributed by atoms with E-state index in [1.165, 1.54) is 23.8 Å². The van der Waals surface area contributed by atoms with Gasteiger partial charge in [0.25, 0.3) is 11.8 Å². The number of para-hydroxylation sites is 1. The molecule has 36 heavy (non-hydrogen) atoms. The van der Waals surface area contributed by atoms with Crippen molar-refractivity contribution < 1.29 is 14.0 Å². The van der Waals surface area contributed by atoms with Crippen molar-refractivity contribution in [3.63, 3.8) is 0 Å². The van der Waals surface area contributed by atoms with Gasteiger partial charge in [-0.3, -0.25) is 19.5 Å². The van der Waals surface area contributed by atoms with E-state index < -0.39 is 11.7 Å². The fraction of sp³-hybridized carbons (Fsp3) is 0.207. The molecule has 3 aromatic carbocycles. The van der Waals surface area contributed by atoms with E-state index in [1.54, 1.807) is 24.3 Å². The highest BCUT2D eigenvalue weighted by atomic mass is 19.1. The molecule has 1 aliphatic heterocycles. The zero-order chi connectivity index (χ0) is 25.1. The van der Waals surface area contributed by atoms with E-state index in [4.69, 9.17) is 0 Å². The van der Waals surface area contributed by atoms with Crippen LogP contribution in [-0.2, 0) is 6.54 Å². The zero-order valence-corrected chi connectivity index (χ0v) is 20.1. The minimum atomic E-state index is -0.586. The molecule has 6 nitrogen and oxygen atoms in total. The number of aryl methyl sites for hydroxylation is 1. The Kier molecular flexibility index (Phi) is 6.73. The molecule has 0 atom stereocenters. The third kappa shape index (κ3) is 4.97. The van der Waals surface area contributed by atoms with Crippen LogP contribution < -0.4 is 5.32 Å². The molecule has 0 aliphatic carbocycles. The number of amides is 2. The van der Waals surface area contributed by atoms with Crippen molar-refractivity contribution >= 4 is 28.4 Å². The van der Waals surface area contributed by atoms with E-state index in [9.17, 15) is 14.0 Å². The first kappa shape index (κ1) is 23.6. The van der Waals surface area contributed by atoms with Gasteiger partial charge in [0.2, 0.25) is 0 Å². The largest absolute Gasteiger partial charge is 0.336 e. The second-order valence-corrected chi connectivity index (χ2v) is 9.02. The Morgan fingerprint density at radius 1 is 0.944 bits per heavy atom. The SMILES string of the molecule is Cc1ccc(C(=O)N2CCN(Cc3cccc4cccnc34)CC2)cc1NC(=O)c1ccccc1F. The van der Waals surface area contributed by atoms with E-state index in [0.29, 0.717) is 24.3 Å². The molecule has 1 fully saturated rings. The number of nitrogens with one attached hydrogen (secondary N) is 1. The summed E-state index contributed by atoms with van der Waals surface area (Å²) >= 11 is 0. The first-order chi connectivity index (χ1) is 17.5. The lowest BCUT2D eigenvalue weighted by Gasteiger charge is -2.35. The molecule has 0 spiro atoms. The number of pyridine rings is 1. The third-order valence-corrected chi connectivity index (χ3v) is 6.62. The standard InChI is InChI=1S/C29H27FN4O2/c1-20-11-12-22(18-26(20)32-28(35)24-9-2-3-10-25(24)30)29(36)34-16-14-33(15-17-34)19-23-7-4-6-21-8-5-13-31-27(21)23/h2-13,18H,14-17,19H2,1H3,(H,32,35). The van der Waals surface area contributed by atoms with Gasteiger partial charge in [-0.15, -0.1) is 0 Å². The predicted molar refractivity (Wildman–Crippen MR) is 138 cm³/mol. The number of benzene rings is 3. The number of carbonyl (C=O) groups excluding carboxylic acids is 2. The molecule has 0 bridgehead atoms. The summed E-state index contributed by atoms with van der Waals surface area (Å²) < 4.78 is 14.0. The fourth-order valence-electron chi connectivity index (χ4n) is 4.55. The molecule has 0 radical (unpaired) electrons. The Morgan fingerprint density at radius 3 is 2.53 bits per heavy atom. The summed E-state index contributed by atoms with van der Waals surface area (Å²) in [5.74, 6) is -1.21. The third-order valence-electron chi connectivity index (χ3n) is 6.62. The Morgan fingerprint density at radius 2 is 1.72 bits per heavy atom. The lowest BCUT2D eigenvalue weighted by atomic mass is 10.1. The van der Waals surface area contributed by atoms with Crippen molar-refractivity contribution in [1.29, 1.82) is 0 Å². The normalized spacial score (nSPS) is 14.1. The van der Waals surface area contributed by atoms with Crippen LogP contribution in [0.2, 0.25) is 0 Å². The number of nitrogens with zero attached hydrogens (tertiary/aromatic N) is 3. The molecule has 1 N–H and O–H groups in total. The first-order valence-corrected chi connectivity index (χ1v) is 12.0. The molecule has 5 rings (SSSR count). The van der Waals surface area contributed by atoms with E-state index >= 15 is 0 Å². The van der Waals surface area contributed by atoms with Crippen LogP contribution in [0.4, 0.5) is 10.1 Å². The molecule has 0 saturated carbocycles. The summed E-state index contributed by atoms with van der Waals surface area (Å²) in [6.07, 6.45) is 1.82. The van der Waals surface area contributed by atoms with Gasteiger partial charge in [0, 0.05) is 55.6 Å². The average Bonchev–Trinajstić information content (AvgIpc) is 2.90. The monoisotopic (exact) mass is 482 g/mol. The molecule has 0 unspecified atom stereocenters. The van der Waals surface area contributed by atoms with Crippen molar-refractivity contribution in [3.8, 4) is 0 Å². The first-order valence-electron chi connectivity index (χ1n) is 12.0. The number of fused-ring (bicyclic) bond motifs is 1. The number of rotatable bonds is 5. The minimum absolute atomic E-state index is 0.0360. The lowest BCUT2D eigenvalue weighted by Crippen LogP contribution is -2.48. The van der Waals surface area contributed by atoms with E-state index in [2.05, 4.69) is 39.5 Å². The number of hydrogen-bond donors (Lipinski definition) is 1. The summed E-state index contributed by atoms with van der Waals surface area (Å²) in [6.45, 7) is 5.37. The minimum Gasteiger partial charge on any atom is -0.336 e. The summed E-state index contributed by atoms with van der Waals surface area (Å²) in [7, 11) is 0. The van der Waals surface area contributed by atoms with Crippen LogP contribution in [0.5, 0.6) is 0 Å². The maximum atomic E-state index is 14.0. The predicted octanol–water partition coefficient (Wildman–Crippen LogP) is 4.89. The zero-order valence-electron chi connectivity index (χ0n) is 20.1. The molecule has 1 saturated heterocycles. The van der Waals surface area contributed by atoms with Crippen LogP contribution in [0.1, 0.15) is 31.8 Å². The van der Waals surface area contributed by atoms with Crippen molar-refractivity contribution in [1.82, 2.24) is 14.8 Å². The smallest absolute Gasteiger partial charge is 0.258 e. The number of halogens is 1. The molecule has 1 aliphatic rings. The molecule has 2 heterocycles. The average molecular weight is 483 g/mol. The number of hydrogen-bond acceptors (Lipinski definition) is 4. The summed E-state index contributed by atoms with van der Waals surface area (Å²) in [5.41, 5.74) is 3.95. The van der Waals surface area contributed by atoms with Crippen LogP contribution in [0, 0.1) is 12.7 Å². The maximum absolute atomic E-state index is 14.0. The second-order valence-electron chi connectivity index (χ2n) is 9.02. The molecule has 182 valence electrons. The van der Waals surface area contributed by atoms with Crippen molar-refractivity contribution in [3.05, 3.63) is 107 Å². The quantitative estimate of drug-likeness (QED) is 0.440. The van der Waals surface area contributed by atoms with Gasteiger partial charge in [-0.05, 0) is 48.4 Å². The van der Waals surface area contributed by atoms with Gasteiger partial charge < -0.3 is 10.2 Å². The number of piperazine rings is 1. The molecule has 1 aromatic heterocycles. The van der Waals surface area contributed by atoms with Crippen molar-refractivity contribution in [2.45, 2.75) is 13.5 Å². The van der Waals surface area contributed by atoms with Crippen molar-refractivity contribution in [2.24, 2.45) is 0 Å². The fourth-order valence-corrected chi connectivity index (χ4v) is 4.55. The molecule has 7 heteroatoms. The van der Waals surface area contributed by atoms with E-state index in [-0.39, 0.29) is 11.5 Å². The van der Waals surface area contributed by atoms with Gasteiger partial charge in [-0.1, -0.05) is 42.5 Å². The molecular weight excluding hydrogens is 455 g/mol. The lowest BCUT2D eigenvalue weighted by molar-refractivity contribution is 0.0628. The van der Waals surface area contributed by atoms with Crippen LogP contribution >= 0.6 is 0 Å². The number of carbonyl (C=O) groups is 2. The molecule has 2 amide bonds. The van der Waals surface area contributed by atoms with Gasteiger partial charge in [0.15, 0.2) is 0 Å². The topological polar surface area (TPSA) is 65.5 Å². The highest BCUT2D eigenvalue weighted by Gasteiger charge is 2.23. The van der Waals surface area contributed by atoms with Crippen LogP contribution in [0.25, 0.3) is 10.9 Å². The van der Waals surface area contributed by atoms with Crippen LogP contribution in [0.3, 0.4) is 0 Å².